The highest BCUT2D eigenvalue weighted by molar-refractivity contribution is 7.14. The third-order valence-electron chi connectivity index (χ3n) is 5.36. The molecule has 0 aliphatic rings. The fourth-order valence-electron chi connectivity index (χ4n) is 3.40. The minimum Gasteiger partial charge on any atom is -0.497 e. The molecular weight excluding hydrogens is 460 g/mol. The molecule has 0 spiro atoms. The quantitative estimate of drug-likeness (QED) is 0.279. The fraction of sp³-hybridized carbons (Fsp3) is 0.143. The predicted molar refractivity (Wildman–Crippen MR) is 140 cm³/mol. The number of amides is 1. The van der Waals surface area contributed by atoms with Crippen molar-refractivity contribution < 1.29 is 19.0 Å². The average molecular weight is 487 g/mol. The maximum absolute atomic E-state index is 12.4. The topological polar surface area (TPSA) is 69.7 Å². The zero-order valence-electron chi connectivity index (χ0n) is 19.8. The van der Waals surface area contributed by atoms with Gasteiger partial charge in [0.25, 0.3) is 0 Å². The molecule has 178 valence electrons. The molecule has 0 fully saturated rings. The summed E-state index contributed by atoms with van der Waals surface area (Å²) in [5, 5.41) is 5.23. The van der Waals surface area contributed by atoms with Crippen LogP contribution in [-0.2, 0) is 11.4 Å². The van der Waals surface area contributed by atoms with Crippen LogP contribution in [0.1, 0.15) is 16.7 Å². The molecule has 0 aliphatic carbocycles. The number of ether oxygens (including phenoxy) is 3. The van der Waals surface area contributed by atoms with E-state index >= 15 is 0 Å². The lowest BCUT2D eigenvalue weighted by atomic mass is 10.1. The lowest BCUT2D eigenvalue weighted by Gasteiger charge is -2.12. The summed E-state index contributed by atoms with van der Waals surface area (Å²) in [4.78, 5) is 16.9. The number of nitrogens with zero attached hydrogens (tertiary/aromatic N) is 1. The minimum atomic E-state index is -0.268. The van der Waals surface area contributed by atoms with Gasteiger partial charge in [-0.05, 0) is 54.0 Å². The van der Waals surface area contributed by atoms with E-state index in [-0.39, 0.29) is 5.91 Å². The fourth-order valence-corrected chi connectivity index (χ4v) is 4.12. The highest BCUT2D eigenvalue weighted by Crippen LogP contribution is 2.30. The van der Waals surface area contributed by atoms with Gasteiger partial charge in [-0.15, -0.1) is 11.3 Å². The Hall–Kier alpha value is -4.10. The molecule has 0 atom stereocenters. The van der Waals surface area contributed by atoms with Crippen molar-refractivity contribution in [1.82, 2.24) is 4.98 Å². The Bertz CT molecular complexity index is 1350. The number of benzene rings is 3. The van der Waals surface area contributed by atoms with Crippen molar-refractivity contribution in [2.75, 3.05) is 19.5 Å². The molecule has 1 heterocycles. The third kappa shape index (κ3) is 6.28. The van der Waals surface area contributed by atoms with Gasteiger partial charge < -0.3 is 14.2 Å². The third-order valence-corrected chi connectivity index (χ3v) is 6.12. The first-order valence-electron chi connectivity index (χ1n) is 11.0. The van der Waals surface area contributed by atoms with Crippen LogP contribution in [0.3, 0.4) is 0 Å². The minimum absolute atomic E-state index is 0.268. The van der Waals surface area contributed by atoms with Gasteiger partial charge in [-0.3, -0.25) is 10.1 Å². The van der Waals surface area contributed by atoms with Crippen molar-refractivity contribution in [3.05, 3.63) is 94.9 Å². The number of nitrogens with one attached hydrogen (secondary N) is 1. The first kappa shape index (κ1) is 24.0. The molecule has 35 heavy (non-hydrogen) atoms. The number of rotatable bonds is 9. The molecule has 0 unspecified atom stereocenters. The standard InChI is InChI=1S/C28H26N2O4S/c1-19-7-4-5-8-22(19)17-34-25-13-11-20(15-26(25)33-3)12-14-27(31)30-28-29-24(18-35-28)21-9-6-10-23(16-21)32-2/h4-16,18H,17H2,1-3H3,(H,29,30,31)/b14-12+. The van der Waals surface area contributed by atoms with Crippen LogP contribution in [0.4, 0.5) is 5.13 Å². The van der Waals surface area contributed by atoms with Crippen molar-refractivity contribution in [2.24, 2.45) is 0 Å². The predicted octanol–water partition coefficient (Wildman–Crippen LogP) is 6.37. The van der Waals surface area contributed by atoms with Crippen molar-refractivity contribution in [3.8, 4) is 28.5 Å². The Morgan fingerprint density at radius 2 is 1.86 bits per heavy atom. The molecule has 1 N–H and O–H groups in total. The van der Waals surface area contributed by atoms with E-state index in [4.69, 9.17) is 14.2 Å². The summed E-state index contributed by atoms with van der Waals surface area (Å²) in [5.74, 6) is 1.73. The summed E-state index contributed by atoms with van der Waals surface area (Å²) in [6, 6.07) is 21.3. The second-order valence-corrected chi connectivity index (χ2v) is 8.58. The summed E-state index contributed by atoms with van der Waals surface area (Å²) in [6.07, 6.45) is 3.19. The zero-order chi connectivity index (χ0) is 24.6. The van der Waals surface area contributed by atoms with Crippen molar-refractivity contribution >= 4 is 28.5 Å². The number of aryl methyl sites for hydroxylation is 1. The smallest absolute Gasteiger partial charge is 0.250 e. The number of carbonyl (C=O) groups is 1. The molecular formula is C28H26N2O4S. The average Bonchev–Trinajstić information content (AvgIpc) is 3.35. The van der Waals surface area contributed by atoms with Gasteiger partial charge in [0.15, 0.2) is 16.6 Å². The lowest BCUT2D eigenvalue weighted by Crippen LogP contribution is -2.07. The van der Waals surface area contributed by atoms with E-state index in [9.17, 15) is 4.79 Å². The van der Waals surface area contributed by atoms with Crippen molar-refractivity contribution in [2.45, 2.75) is 13.5 Å². The highest BCUT2D eigenvalue weighted by atomic mass is 32.1. The van der Waals surface area contributed by atoms with Gasteiger partial charge in [-0.1, -0.05) is 42.5 Å². The van der Waals surface area contributed by atoms with Crippen LogP contribution in [0.2, 0.25) is 0 Å². The van der Waals surface area contributed by atoms with E-state index < -0.39 is 0 Å². The highest BCUT2D eigenvalue weighted by Gasteiger charge is 2.09. The molecule has 0 saturated heterocycles. The summed E-state index contributed by atoms with van der Waals surface area (Å²) >= 11 is 1.37. The number of hydrogen-bond acceptors (Lipinski definition) is 6. The number of aromatic nitrogens is 1. The summed E-state index contributed by atoms with van der Waals surface area (Å²) in [6.45, 7) is 2.51. The first-order chi connectivity index (χ1) is 17.1. The number of hydrogen-bond donors (Lipinski definition) is 1. The van der Waals surface area contributed by atoms with Gasteiger partial charge in [-0.25, -0.2) is 4.98 Å². The SMILES string of the molecule is COc1cccc(-c2csc(NC(=O)/C=C/c3ccc(OCc4ccccc4C)c(OC)c3)n2)c1. The van der Waals surface area contributed by atoms with Crippen LogP contribution in [0.5, 0.6) is 17.2 Å². The molecule has 3 aromatic carbocycles. The van der Waals surface area contributed by atoms with Crippen molar-refractivity contribution in [1.29, 1.82) is 0 Å². The second-order valence-electron chi connectivity index (χ2n) is 7.72. The van der Waals surface area contributed by atoms with Crippen LogP contribution >= 0.6 is 11.3 Å². The number of carbonyl (C=O) groups excluding carboxylic acids is 1. The molecule has 6 nitrogen and oxygen atoms in total. The molecule has 0 bridgehead atoms. The zero-order valence-corrected chi connectivity index (χ0v) is 20.6. The van der Waals surface area contributed by atoms with E-state index in [1.807, 2.05) is 66.0 Å². The summed E-state index contributed by atoms with van der Waals surface area (Å²) in [7, 11) is 3.22. The van der Waals surface area contributed by atoms with Crippen LogP contribution in [0.15, 0.2) is 78.2 Å². The molecule has 7 heteroatoms. The largest absolute Gasteiger partial charge is 0.497 e. The van der Waals surface area contributed by atoms with Crippen LogP contribution in [0.25, 0.3) is 17.3 Å². The maximum Gasteiger partial charge on any atom is 0.250 e. The van der Waals surface area contributed by atoms with Crippen LogP contribution in [-0.4, -0.2) is 25.1 Å². The first-order valence-corrected chi connectivity index (χ1v) is 11.9. The van der Waals surface area contributed by atoms with Gasteiger partial charge >= 0.3 is 0 Å². The molecule has 4 rings (SSSR count). The maximum atomic E-state index is 12.4. The molecule has 0 saturated carbocycles. The Morgan fingerprint density at radius 1 is 1.00 bits per heavy atom. The molecule has 1 amide bonds. The number of anilines is 1. The lowest BCUT2D eigenvalue weighted by molar-refractivity contribution is -0.111. The molecule has 0 radical (unpaired) electrons. The summed E-state index contributed by atoms with van der Waals surface area (Å²) in [5.41, 5.74) is 4.81. The van der Waals surface area contributed by atoms with E-state index in [0.717, 1.165) is 28.1 Å². The molecule has 0 aliphatic heterocycles. The van der Waals surface area contributed by atoms with Gasteiger partial charge in [0.1, 0.15) is 12.4 Å². The van der Waals surface area contributed by atoms with Gasteiger partial charge in [-0.2, -0.15) is 0 Å². The van der Waals surface area contributed by atoms with Crippen molar-refractivity contribution in [3.63, 3.8) is 0 Å². The second kappa shape index (κ2) is 11.4. The van der Waals surface area contributed by atoms with Gasteiger partial charge in [0.05, 0.1) is 19.9 Å². The summed E-state index contributed by atoms with van der Waals surface area (Å²) < 4.78 is 16.7. The van der Waals surface area contributed by atoms with Gasteiger partial charge in [0.2, 0.25) is 5.91 Å². The Labute approximate surface area is 208 Å². The number of methoxy groups -OCH3 is 2. The van der Waals surface area contributed by atoms with Crippen LogP contribution < -0.4 is 19.5 Å². The number of thiazole rings is 1. The molecule has 1 aromatic heterocycles. The molecule has 4 aromatic rings. The Morgan fingerprint density at radius 3 is 2.66 bits per heavy atom. The Balaban J connectivity index is 1.38. The normalized spacial score (nSPS) is 10.8. The van der Waals surface area contributed by atoms with Crippen LogP contribution in [0, 0.1) is 6.92 Å². The Kier molecular flexibility index (Phi) is 7.80. The van der Waals surface area contributed by atoms with E-state index in [1.165, 1.54) is 23.0 Å². The van der Waals surface area contributed by atoms with E-state index in [2.05, 4.69) is 23.3 Å². The van der Waals surface area contributed by atoms with Gasteiger partial charge in [0, 0.05) is 17.0 Å². The van der Waals surface area contributed by atoms with E-state index in [1.54, 1.807) is 20.3 Å². The van der Waals surface area contributed by atoms with E-state index in [0.29, 0.717) is 23.2 Å². The monoisotopic (exact) mass is 486 g/mol.